The van der Waals surface area contributed by atoms with E-state index >= 15 is 0 Å². The molecule has 1 atom stereocenters. The molecule has 3 aromatic heterocycles. The molecule has 0 bridgehead atoms. The first-order valence-electron chi connectivity index (χ1n) is 11.7. The lowest BCUT2D eigenvalue weighted by Crippen LogP contribution is -2.28. The second-order valence-electron chi connectivity index (χ2n) is 9.44. The molecule has 0 aliphatic carbocycles. The summed E-state index contributed by atoms with van der Waals surface area (Å²) < 4.78 is 13.2. The molecule has 2 fully saturated rings. The number of hydrogen-bond donors (Lipinski definition) is 0. The Morgan fingerprint density at radius 2 is 2.06 bits per heavy atom. The molecule has 1 aromatic carbocycles. The van der Waals surface area contributed by atoms with Crippen LogP contribution >= 0.6 is 0 Å². The average Bonchev–Trinajstić information content (AvgIpc) is 3.61. The Morgan fingerprint density at radius 1 is 1.12 bits per heavy atom. The van der Waals surface area contributed by atoms with Crippen LogP contribution in [0.1, 0.15) is 24.2 Å². The van der Waals surface area contributed by atoms with Gasteiger partial charge in [0.15, 0.2) is 5.82 Å². The Hall–Kier alpha value is -3.52. The molecule has 1 unspecified atom stereocenters. The molecule has 1 spiro atoms. The van der Waals surface area contributed by atoms with E-state index in [-0.39, 0.29) is 5.41 Å². The van der Waals surface area contributed by atoms with Crippen molar-refractivity contribution in [3.63, 3.8) is 0 Å². The van der Waals surface area contributed by atoms with Crippen LogP contribution in [-0.2, 0) is 18.2 Å². The summed E-state index contributed by atoms with van der Waals surface area (Å²) in [6.45, 7) is 3.67. The van der Waals surface area contributed by atoms with Gasteiger partial charge in [0.05, 0.1) is 19.9 Å². The van der Waals surface area contributed by atoms with Crippen LogP contribution in [0.4, 0.5) is 5.82 Å². The van der Waals surface area contributed by atoms with Gasteiger partial charge in [-0.15, -0.1) is 0 Å². The molecule has 0 saturated carbocycles. The van der Waals surface area contributed by atoms with Crippen LogP contribution in [-0.4, -0.2) is 58.1 Å². The maximum Gasteiger partial charge on any atom is 0.155 e. The van der Waals surface area contributed by atoms with Crippen molar-refractivity contribution in [3.8, 4) is 16.9 Å². The molecule has 2 aliphatic rings. The fourth-order valence-electron chi connectivity index (χ4n) is 5.19. The van der Waals surface area contributed by atoms with E-state index < -0.39 is 0 Å². The van der Waals surface area contributed by atoms with Crippen LogP contribution in [0.5, 0.6) is 5.75 Å². The number of benzene rings is 1. The van der Waals surface area contributed by atoms with Crippen LogP contribution in [0.15, 0.2) is 49.1 Å². The first kappa shape index (κ1) is 21.0. The van der Waals surface area contributed by atoms with Crippen molar-refractivity contribution in [2.24, 2.45) is 12.5 Å². The molecule has 5 heterocycles. The van der Waals surface area contributed by atoms with Crippen molar-refractivity contribution < 1.29 is 9.47 Å². The standard InChI is InChI=1S/C26H28N6O2/c1-31-15-21(14-29-31)18-3-4-19(22(11-18)33-2)12-23-28-13-20-5-8-27-25(24(20)30-23)32-9-6-26(16-32)7-10-34-17-26/h3-5,8,11,13-15H,6-7,9-10,12,16-17H2,1-2H3. The van der Waals surface area contributed by atoms with Crippen LogP contribution < -0.4 is 9.64 Å². The van der Waals surface area contributed by atoms with Gasteiger partial charge in [0, 0.05) is 73.7 Å². The quantitative estimate of drug-likeness (QED) is 0.454. The number of ether oxygens (including phenoxy) is 2. The van der Waals surface area contributed by atoms with Gasteiger partial charge in [-0.1, -0.05) is 12.1 Å². The van der Waals surface area contributed by atoms with Crippen molar-refractivity contribution in [2.45, 2.75) is 19.3 Å². The van der Waals surface area contributed by atoms with E-state index in [2.05, 4.69) is 27.1 Å². The largest absolute Gasteiger partial charge is 0.496 e. The number of methoxy groups -OCH3 is 1. The van der Waals surface area contributed by atoms with Crippen LogP contribution in [0.25, 0.3) is 22.0 Å². The molecular weight excluding hydrogens is 428 g/mol. The number of nitrogens with zero attached hydrogens (tertiary/aromatic N) is 6. The number of rotatable bonds is 5. The molecule has 174 valence electrons. The predicted molar refractivity (Wildman–Crippen MR) is 130 cm³/mol. The second-order valence-corrected chi connectivity index (χ2v) is 9.44. The van der Waals surface area contributed by atoms with E-state index in [1.165, 1.54) is 0 Å². The molecule has 0 radical (unpaired) electrons. The Balaban J connectivity index is 1.30. The summed E-state index contributed by atoms with van der Waals surface area (Å²) in [7, 11) is 3.61. The number of anilines is 1. The SMILES string of the molecule is COc1cc(-c2cnn(C)c2)ccc1Cc1ncc2ccnc(N3CCC4(CCOC4)C3)c2n1. The predicted octanol–water partition coefficient (Wildman–Crippen LogP) is 3.64. The highest BCUT2D eigenvalue weighted by molar-refractivity contribution is 5.88. The summed E-state index contributed by atoms with van der Waals surface area (Å²) in [5.74, 6) is 2.52. The van der Waals surface area contributed by atoms with Crippen molar-refractivity contribution >= 4 is 16.7 Å². The average molecular weight is 457 g/mol. The zero-order chi connectivity index (χ0) is 23.1. The van der Waals surface area contributed by atoms with Gasteiger partial charge in [0.25, 0.3) is 0 Å². The van der Waals surface area contributed by atoms with E-state index in [9.17, 15) is 0 Å². The van der Waals surface area contributed by atoms with Crippen molar-refractivity contribution in [3.05, 3.63) is 60.4 Å². The summed E-state index contributed by atoms with van der Waals surface area (Å²) in [6.07, 6.45) is 10.5. The maximum atomic E-state index is 5.72. The summed E-state index contributed by atoms with van der Waals surface area (Å²) in [5, 5.41) is 5.28. The van der Waals surface area contributed by atoms with Crippen molar-refractivity contribution in [2.75, 3.05) is 38.3 Å². The molecule has 4 aromatic rings. The minimum atomic E-state index is 0.267. The molecule has 34 heavy (non-hydrogen) atoms. The fourth-order valence-corrected chi connectivity index (χ4v) is 5.19. The fraction of sp³-hybridized carbons (Fsp3) is 0.385. The lowest BCUT2D eigenvalue weighted by molar-refractivity contribution is 0.160. The summed E-state index contributed by atoms with van der Waals surface area (Å²) in [5.41, 5.74) is 4.35. The minimum absolute atomic E-state index is 0.267. The molecule has 2 aliphatic heterocycles. The van der Waals surface area contributed by atoms with Gasteiger partial charge in [0.2, 0.25) is 0 Å². The van der Waals surface area contributed by atoms with Gasteiger partial charge in [-0.05, 0) is 30.5 Å². The highest BCUT2D eigenvalue weighted by atomic mass is 16.5. The first-order valence-corrected chi connectivity index (χ1v) is 11.7. The Morgan fingerprint density at radius 3 is 2.85 bits per heavy atom. The third kappa shape index (κ3) is 3.77. The number of aryl methyl sites for hydroxylation is 1. The maximum absolute atomic E-state index is 5.72. The van der Waals surface area contributed by atoms with Crippen molar-refractivity contribution in [1.29, 1.82) is 0 Å². The molecule has 8 nitrogen and oxygen atoms in total. The smallest absolute Gasteiger partial charge is 0.155 e. The molecule has 0 N–H and O–H groups in total. The normalized spacial score (nSPS) is 20.0. The van der Waals surface area contributed by atoms with Crippen LogP contribution in [0, 0.1) is 5.41 Å². The summed E-state index contributed by atoms with van der Waals surface area (Å²) in [4.78, 5) is 16.7. The lowest BCUT2D eigenvalue weighted by atomic mass is 9.87. The van der Waals surface area contributed by atoms with Crippen LogP contribution in [0.2, 0.25) is 0 Å². The topological polar surface area (TPSA) is 78.2 Å². The first-order chi connectivity index (χ1) is 16.6. The molecular formula is C26H28N6O2. The lowest BCUT2D eigenvalue weighted by Gasteiger charge is -2.23. The Kier molecular flexibility index (Phi) is 5.17. The van der Waals surface area contributed by atoms with Gasteiger partial charge in [-0.3, -0.25) is 4.68 Å². The number of fused-ring (bicyclic) bond motifs is 1. The minimum Gasteiger partial charge on any atom is -0.496 e. The Labute approximate surface area is 198 Å². The third-order valence-corrected chi connectivity index (χ3v) is 7.13. The Bertz CT molecular complexity index is 1340. The van der Waals surface area contributed by atoms with Gasteiger partial charge in [-0.2, -0.15) is 5.10 Å². The molecule has 0 amide bonds. The van der Waals surface area contributed by atoms with Gasteiger partial charge < -0.3 is 14.4 Å². The molecule has 6 rings (SSSR count). The van der Waals surface area contributed by atoms with Gasteiger partial charge >= 0.3 is 0 Å². The van der Waals surface area contributed by atoms with E-state index in [1.54, 1.807) is 11.8 Å². The van der Waals surface area contributed by atoms with E-state index in [0.717, 1.165) is 84.1 Å². The number of aromatic nitrogens is 5. The van der Waals surface area contributed by atoms with Crippen LogP contribution in [0.3, 0.4) is 0 Å². The van der Waals surface area contributed by atoms with Gasteiger partial charge in [-0.25, -0.2) is 15.0 Å². The van der Waals surface area contributed by atoms with Gasteiger partial charge in [0.1, 0.15) is 17.1 Å². The van der Waals surface area contributed by atoms with E-state index in [4.69, 9.17) is 19.4 Å². The van der Waals surface area contributed by atoms with E-state index in [0.29, 0.717) is 6.42 Å². The summed E-state index contributed by atoms with van der Waals surface area (Å²) >= 11 is 0. The summed E-state index contributed by atoms with van der Waals surface area (Å²) in [6, 6.07) is 8.21. The zero-order valence-electron chi connectivity index (χ0n) is 19.6. The van der Waals surface area contributed by atoms with E-state index in [1.807, 2.05) is 44.0 Å². The zero-order valence-corrected chi connectivity index (χ0v) is 19.6. The number of pyridine rings is 1. The highest BCUT2D eigenvalue weighted by Crippen LogP contribution is 2.40. The highest BCUT2D eigenvalue weighted by Gasteiger charge is 2.42. The molecule has 2 saturated heterocycles. The second kappa shape index (κ2) is 8.36. The third-order valence-electron chi connectivity index (χ3n) is 7.13. The molecule has 8 heteroatoms. The van der Waals surface area contributed by atoms with Crippen molar-refractivity contribution in [1.82, 2.24) is 24.7 Å². The monoisotopic (exact) mass is 456 g/mol. The number of hydrogen-bond acceptors (Lipinski definition) is 7.